The molecule has 1 aromatic heterocycles. The van der Waals surface area contributed by atoms with Gasteiger partial charge in [-0.2, -0.15) is 0 Å². The van der Waals surface area contributed by atoms with Crippen molar-refractivity contribution in [2.24, 2.45) is 5.73 Å². The molecule has 0 spiro atoms. The molecule has 1 saturated heterocycles. The van der Waals surface area contributed by atoms with Gasteiger partial charge < -0.3 is 15.6 Å². The number of carboxylic acid groups (broad SMARTS) is 1. The summed E-state index contributed by atoms with van der Waals surface area (Å²) < 4.78 is 7.38. The van der Waals surface area contributed by atoms with E-state index in [0.717, 1.165) is 12.8 Å². The topological polar surface area (TPSA) is 103 Å². The van der Waals surface area contributed by atoms with Crippen molar-refractivity contribution in [1.29, 1.82) is 0 Å². The van der Waals surface area contributed by atoms with Crippen LogP contribution in [0.25, 0.3) is 0 Å². The zero-order valence-corrected chi connectivity index (χ0v) is 10.6. The fraction of sp³-hybridized carbons (Fsp3) is 0.727. The summed E-state index contributed by atoms with van der Waals surface area (Å²) in [5.74, 6) is -1.10. The Bertz CT molecular complexity index is 455. The second kappa shape index (κ2) is 4.66. The summed E-state index contributed by atoms with van der Waals surface area (Å²) in [5, 5.41) is 16.4. The molecular weight excluding hydrogens is 236 g/mol. The number of carboxylic acids is 1. The average Bonchev–Trinajstić information content (AvgIpc) is 2.82. The van der Waals surface area contributed by atoms with Crippen molar-refractivity contribution in [2.45, 2.75) is 51.5 Å². The Hall–Kier alpha value is -1.47. The first kappa shape index (κ1) is 13.0. The molecule has 1 aliphatic rings. The second-order valence-electron chi connectivity index (χ2n) is 5.11. The van der Waals surface area contributed by atoms with Crippen molar-refractivity contribution in [3.05, 3.63) is 11.4 Å². The van der Waals surface area contributed by atoms with Gasteiger partial charge in [0, 0.05) is 6.54 Å². The zero-order valence-electron chi connectivity index (χ0n) is 10.6. The summed E-state index contributed by atoms with van der Waals surface area (Å²) in [6.07, 6.45) is 1.95. The minimum Gasteiger partial charge on any atom is -0.476 e. The van der Waals surface area contributed by atoms with Crippen LogP contribution in [0.4, 0.5) is 0 Å². The molecule has 7 heteroatoms. The van der Waals surface area contributed by atoms with Crippen LogP contribution in [0.1, 0.15) is 42.9 Å². The van der Waals surface area contributed by atoms with Gasteiger partial charge in [0.15, 0.2) is 5.69 Å². The van der Waals surface area contributed by atoms with E-state index in [2.05, 4.69) is 10.3 Å². The highest BCUT2D eigenvalue weighted by Crippen LogP contribution is 2.30. The number of aromatic nitrogens is 3. The van der Waals surface area contributed by atoms with Gasteiger partial charge in [-0.25, -0.2) is 9.48 Å². The lowest BCUT2D eigenvalue weighted by atomic mass is 10.1. The highest BCUT2D eigenvalue weighted by molar-refractivity contribution is 5.86. The second-order valence-corrected chi connectivity index (χ2v) is 5.11. The Morgan fingerprint density at radius 3 is 2.89 bits per heavy atom. The summed E-state index contributed by atoms with van der Waals surface area (Å²) in [5.41, 5.74) is 5.80. The molecule has 0 amide bonds. The maximum absolute atomic E-state index is 10.9. The predicted molar refractivity (Wildman–Crippen MR) is 63.1 cm³/mol. The van der Waals surface area contributed by atoms with Crippen molar-refractivity contribution in [3.63, 3.8) is 0 Å². The molecule has 1 aromatic rings. The van der Waals surface area contributed by atoms with E-state index in [-0.39, 0.29) is 23.9 Å². The lowest BCUT2D eigenvalue weighted by molar-refractivity contribution is -0.0234. The maximum atomic E-state index is 10.9. The van der Waals surface area contributed by atoms with E-state index in [1.54, 1.807) is 0 Å². The first-order valence-corrected chi connectivity index (χ1v) is 5.96. The summed E-state index contributed by atoms with van der Waals surface area (Å²) in [6.45, 7) is 4.68. The van der Waals surface area contributed by atoms with Gasteiger partial charge in [-0.15, -0.1) is 5.10 Å². The molecule has 1 atom stereocenters. The molecule has 1 unspecified atom stereocenters. The van der Waals surface area contributed by atoms with E-state index in [9.17, 15) is 4.79 Å². The van der Waals surface area contributed by atoms with Crippen molar-refractivity contribution in [1.82, 2.24) is 15.0 Å². The number of hydrogen-bond acceptors (Lipinski definition) is 5. The third-order valence-electron chi connectivity index (χ3n) is 3.16. The Kier molecular flexibility index (Phi) is 3.36. The van der Waals surface area contributed by atoms with Crippen LogP contribution >= 0.6 is 0 Å². The van der Waals surface area contributed by atoms with Crippen molar-refractivity contribution in [2.75, 3.05) is 0 Å². The Morgan fingerprint density at radius 2 is 2.39 bits per heavy atom. The molecule has 100 valence electrons. The third-order valence-corrected chi connectivity index (χ3v) is 3.16. The summed E-state index contributed by atoms with van der Waals surface area (Å²) >= 11 is 0. The van der Waals surface area contributed by atoms with E-state index in [0.29, 0.717) is 12.2 Å². The van der Waals surface area contributed by atoms with Crippen LogP contribution < -0.4 is 5.73 Å². The van der Waals surface area contributed by atoms with E-state index >= 15 is 0 Å². The van der Waals surface area contributed by atoms with Gasteiger partial charge in [-0.3, -0.25) is 0 Å². The number of aromatic carboxylic acids is 1. The lowest BCUT2D eigenvalue weighted by Crippen LogP contribution is -2.24. The van der Waals surface area contributed by atoms with Crippen LogP contribution in [0, 0.1) is 0 Å². The maximum Gasteiger partial charge on any atom is 0.358 e. The molecule has 2 rings (SSSR count). The molecule has 3 N–H and O–H groups in total. The third kappa shape index (κ3) is 2.51. The molecular formula is C11H18N4O3. The number of ether oxygens (including phenoxy) is 1. The van der Waals surface area contributed by atoms with Crippen LogP contribution in [0.15, 0.2) is 0 Å². The van der Waals surface area contributed by atoms with Gasteiger partial charge >= 0.3 is 5.97 Å². The molecule has 0 saturated carbocycles. The van der Waals surface area contributed by atoms with Crippen LogP contribution in [0.2, 0.25) is 0 Å². The van der Waals surface area contributed by atoms with Crippen molar-refractivity contribution < 1.29 is 14.6 Å². The van der Waals surface area contributed by atoms with Gasteiger partial charge in [0.2, 0.25) is 0 Å². The molecule has 0 aromatic carbocycles. The van der Waals surface area contributed by atoms with E-state index in [1.165, 1.54) is 4.68 Å². The molecule has 0 bridgehead atoms. The number of nitrogens with zero attached hydrogens (tertiary/aromatic N) is 3. The zero-order chi connectivity index (χ0) is 13.3. The number of carbonyl (C=O) groups is 1. The lowest BCUT2D eigenvalue weighted by Gasteiger charge is -2.19. The first-order chi connectivity index (χ1) is 8.43. The quantitative estimate of drug-likeness (QED) is 0.805. The summed E-state index contributed by atoms with van der Waals surface area (Å²) in [4.78, 5) is 10.9. The van der Waals surface area contributed by atoms with Gasteiger partial charge in [-0.1, -0.05) is 5.21 Å². The Balaban J connectivity index is 2.13. The van der Waals surface area contributed by atoms with Crippen LogP contribution in [0.5, 0.6) is 0 Å². The van der Waals surface area contributed by atoms with E-state index < -0.39 is 5.97 Å². The highest BCUT2D eigenvalue weighted by atomic mass is 16.5. The fourth-order valence-corrected chi connectivity index (χ4v) is 2.25. The van der Waals surface area contributed by atoms with Gasteiger partial charge in [-0.05, 0) is 26.7 Å². The van der Waals surface area contributed by atoms with E-state index in [4.69, 9.17) is 15.6 Å². The van der Waals surface area contributed by atoms with Crippen LogP contribution in [0.3, 0.4) is 0 Å². The number of nitrogens with two attached hydrogens (primary N) is 1. The average molecular weight is 254 g/mol. The van der Waals surface area contributed by atoms with Crippen LogP contribution in [-0.4, -0.2) is 37.8 Å². The number of rotatable bonds is 4. The molecule has 2 heterocycles. The Morgan fingerprint density at radius 1 is 1.67 bits per heavy atom. The molecule has 18 heavy (non-hydrogen) atoms. The van der Waals surface area contributed by atoms with Gasteiger partial charge in [0.05, 0.1) is 23.9 Å². The minimum atomic E-state index is -1.10. The Labute approximate surface area is 105 Å². The molecule has 1 aliphatic heterocycles. The number of hydrogen-bond donors (Lipinski definition) is 2. The van der Waals surface area contributed by atoms with Crippen molar-refractivity contribution in [3.8, 4) is 0 Å². The minimum absolute atomic E-state index is 0.0358. The smallest absolute Gasteiger partial charge is 0.358 e. The fourth-order valence-electron chi connectivity index (χ4n) is 2.25. The summed E-state index contributed by atoms with van der Waals surface area (Å²) in [6, 6.07) is 0. The first-order valence-electron chi connectivity index (χ1n) is 5.96. The van der Waals surface area contributed by atoms with E-state index in [1.807, 2.05) is 13.8 Å². The summed E-state index contributed by atoms with van der Waals surface area (Å²) in [7, 11) is 0. The SMILES string of the molecule is CC1(C)CCC(Cn2nnc(C(=O)O)c2CN)O1. The predicted octanol–water partition coefficient (Wildman–Crippen LogP) is 0.393. The molecule has 0 aliphatic carbocycles. The molecule has 7 nitrogen and oxygen atoms in total. The van der Waals surface area contributed by atoms with Crippen molar-refractivity contribution >= 4 is 5.97 Å². The standard InChI is InChI=1S/C11H18N4O3/c1-11(2)4-3-7(18-11)6-15-8(5-12)9(10(16)17)13-14-15/h7H,3-6,12H2,1-2H3,(H,16,17). The van der Waals surface area contributed by atoms with Gasteiger partial charge in [0.25, 0.3) is 0 Å². The highest BCUT2D eigenvalue weighted by Gasteiger charge is 2.32. The largest absolute Gasteiger partial charge is 0.476 e. The van der Waals surface area contributed by atoms with Crippen LogP contribution in [-0.2, 0) is 17.8 Å². The molecule has 0 radical (unpaired) electrons. The van der Waals surface area contributed by atoms with Gasteiger partial charge in [0.1, 0.15) is 0 Å². The normalized spacial score (nSPS) is 22.3. The molecule has 1 fully saturated rings. The monoisotopic (exact) mass is 254 g/mol.